The maximum absolute atomic E-state index is 13.3. The Kier molecular flexibility index (Phi) is 6.63. The second-order valence-corrected chi connectivity index (χ2v) is 7.32. The van der Waals surface area contributed by atoms with Crippen molar-refractivity contribution < 1.29 is 23.5 Å². The molecule has 0 aliphatic carbocycles. The van der Waals surface area contributed by atoms with Crippen molar-refractivity contribution >= 4 is 23.6 Å². The Labute approximate surface area is 165 Å². The number of hydrogen-bond donors (Lipinski definition) is 1. The fraction of sp³-hybridized carbons (Fsp3) is 0.444. The minimum atomic E-state index is -0.993. The molecular weight excluding hydrogens is 387 g/mol. The lowest BCUT2D eigenvalue weighted by molar-refractivity contribution is -0.151. The van der Waals surface area contributed by atoms with Gasteiger partial charge in [0.1, 0.15) is 5.82 Å². The summed E-state index contributed by atoms with van der Waals surface area (Å²) in [7, 11) is 0. The van der Waals surface area contributed by atoms with E-state index in [2.05, 4.69) is 10.2 Å². The molecule has 1 fully saturated rings. The first kappa shape index (κ1) is 20.3. The Morgan fingerprint density at radius 2 is 2.14 bits per heavy atom. The van der Waals surface area contributed by atoms with Crippen molar-refractivity contribution in [2.24, 2.45) is 5.73 Å². The SMILES string of the molecule is C[C@@H](OC(=O)CSc1nnc(-c2ccc(F)cc2)n1C[C@@H]1CCCO1)C(N)=O. The minimum absolute atomic E-state index is 0.0244. The number of primary amides is 1. The van der Waals surface area contributed by atoms with Crippen LogP contribution in [-0.2, 0) is 25.6 Å². The van der Waals surface area contributed by atoms with E-state index in [4.69, 9.17) is 15.2 Å². The first-order chi connectivity index (χ1) is 13.4. The molecule has 1 aliphatic heterocycles. The zero-order valence-electron chi connectivity index (χ0n) is 15.3. The Bertz CT molecular complexity index is 837. The van der Waals surface area contributed by atoms with Crippen molar-refractivity contribution in [1.82, 2.24) is 14.8 Å². The average Bonchev–Trinajstić information content (AvgIpc) is 3.31. The van der Waals surface area contributed by atoms with Gasteiger partial charge in [-0.1, -0.05) is 11.8 Å². The van der Waals surface area contributed by atoms with E-state index in [1.54, 1.807) is 12.1 Å². The molecule has 0 radical (unpaired) electrons. The maximum Gasteiger partial charge on any atom is 0.317 e. The van der Waals surface area contributed by atoms with Gasteiger partial charge in [0.15, 0.2) is 17.1 Å². The Morgan fingerprint density at radius 3 is 2.79 bits per heavy atom. The number of halogens is 1. The maximum atomic E-state index is 13.3. The molecule has 8 nitrogen and oxygen atoms in total. The van der Waals surface area contributed by atoms with E-state index in [-0.39, 0.29) is 17.7 Å². The molecule has 0 bridgehead atoms. The summed E-state index contributed by atoms with van der Waals surface area (Å²) in [6.07, 6.45) is 0.936. The smallest absolute Gasteiger partial charge is 0.317 e. The van der Waals surface area contributed by atoms with Gasteiger partial charge in [-0.25, -0.2) is 4.39 Å². The van der Waals surface area contributed by atoms with Crippen molar-refractivity contribution in [3.8, 4) is 11.4 Å². The molecule has 28 heavy (non-hydrogen) atoms. The van der Waals surface area contributed by atoms with Gasteiger partial charge < -0.3 is 15.2 Å². The summed E-state index contributed by atoms with van der Waals surface area (Å²) in [6.45, 7) is 2.64. The van der Waals surface area contributed by atoms with E-state index in [1.807, 2.05) is 4.57 Å². The normalized spacial score (nSPS) is 17.4. The number of carbonyl (C=O) groups is 2. The van der Waals surface area contributed by atoms with Gasteiger partial charge in [-0.2, -0.15) is 0 Å². The van der Waals surface area contributed by atoms with Crippen LogP contribution in [0.3, 0.4) is 0 Å². The van der Waals surface area contributed by atoms with Gasteiger partial charge in [0.2, 0.25) is 0 Å². The standard InChI is InChI=1S/C18H21FN4O4S/c1-11(16(20)25)27-15(24)10-28-18-22-21-17(12-4-6-13(19)7-5-12)23(18)9-14-3-2-8-26-14/h4-7,11,14H,2-3,8-10H2,1H3,(H2,20,25)/t11-,14+/m1/s1. The summed E-state index contributed by atoms with van der Waals surface area (Å²) in [5, 5.41) is 8.90. The Balaban J connectivity index is 1.76. The van der Waals surface area contributed by atoms with Crippen LogP contribution in [0.2, 0.25) is 0 Å². The molecule has 2 heterocycles. The topological polar surface area (TPSA) is 109 Å². The highest BCUT2D eigenvalue weighted by molar-refractivity contribution is 7.99. The molecular formula is C18H21FN4O4S. The van der Waals surface area contributed by atoms with E-state index >= 15 is 0 Å². The number of benzene rings is 1. The van der Waals surface area contributed by atoms with Crippen LogP contribution in [0, 0.1) is 5.82 Å². The van der Waals surface area contributed by atoms with E-state index in [9.17, 15) is 14.0 Å². The molecule has 1 aliphatic rings. The van der Waals surface area contributed by atoms with Gasteiger partial charge >= 0.3 is 5.97 Å². The van der Waals surface area contributed by atoms with Gasteiger partial charge in [0.05, 0.1) is 18.4 Å². The van der Waals surface area contributed by atoms with Crippen LogP contribution >= 0.6 is 11.8 Å². The summed E-state index contributed by atoms with van der Waals surface area (Å²) in [6, 6.07) is 5.97. The van der Waals surface area contributed by atoms with Crippen molar-refractivity contribution in [2.45, 2.75) is 43.7 Å². The quantitative estimate of drug-likeness (QED) is 0.524. The fourth-order valence-electron chi connectivity index (χ4n) is 2.78. The van der Waals surface area contributed by atoms with E-state index in [0.29, 0.717) is 29.7 Å². The summed E-state index contributed by atoms with van der Waals surface area (Å²) in [5.74, 6) is -1.11. The van der Waals surface area contributed by atoms with Gasteiger partial charge in [-0.05, 0) is 44.0 Å². The molecule has 1 aromatic heterocycles. The third-order valence-corrected chi connectivity index (χ3v) is 5.20. The Hall–Kier alpha value is -2.46. The van der Waals surface area contributed by atoms with Crippen molar-refractivity contribution in [3.63, 3.8) is 0 Å². The predicted molar refractivity (Wildman–Crippen MR) is 99.9 cm³/mol. The number of aromatic nitrogens is 3. The second-order valence-electron chi connectivity index (χ2n) is 6.38. The van der Waals surface area contributed by atoms with Crippen LogP contribution in [0.25, 0.3) is 11.4 Å². The summed E-state index contributed by atoms with van der Waals surface area (Å²) in [4.78, 5) is 22.9. The number of rotatable bonds is 8. The molecule has 3 rings (SSSR count). The van der Waals surface area contributed by atoms with Crippen molar-refractivity contribution in [2.75, 3.05) is 12.4 Å². The third-order valence-electron chi connectivity index (χ3n) is 4.26. The zero-order chi connectivity index (χ0) is 20.1. The van der Waals surface area contributed by atoms with Crippen LogP contribution in [0.5, 0.6) is 0 Å². The van der Waals surface area contributed by atoms with Gasteiger partial charge in [0, 0.05) is 12.2 Å². The van der Waals surface area contributed by atoms with Gasteiger partial charge in [-0.3, -0.25) is 14.2 Å². The van der Waals surface area contributed by atoms with Crippen LogP contribution in [0.4, 0.5) is 4.39 Å². The number of nitrogens with two attached hydrogens (primary N) is 1. The molecule has 0 saturated carbocycles. The molecule has 2 N–H and O–H groups in total. The lowest BCUT2D eigenvalue weighted by Crippen LogP contribution is -2.31. The molecule has 0 unspecified atom stereocenters. The molecule has 2 aromatic rings. The highest BCUT2D eigenvalue weighted by Crippen LogP contribution is 2.27. The Morgan fingerprint density at radius 1 is 1.39 bits per heavy atom. The summed E-state index contributed by atoms with van der Waals surface area (Å²) >= 11 is 1.14. The van der Waals surface area contributed by atoms with Crippen LogP contribution < -0.4 is 5.73 Å². The van der Waals surface area contributed by atoms with Gasteiger partial charge in [0.25, 0.3) is 5.91 Å². The molecule has 1 saturated heterocycles. The molecule has 1 aromatic carbocycles. The average molecular weight is 408 g/mol. The number of carbonyl (C=O) groups excluding carboxylic acids is 2. The van der Waals surface area contributed by atoms with Crippen LogP contribution in [-0.4, -0.2) is 51.2 Å². The molecule has 150 valence electrons. The molecule has 10 heteroatoms. The van der Waals surface area contributed by atoms with E-state index in [1.165, 1.54) is 19.1 Å². The minimum Gasteiger partial charge on any atom is -0.452 e. The number of nitrogens with zero attached hydrogens (tertiary/aromatic N) is 3. The number of thioether (sulfide) groups is 1. The first-order valence-corrected chi connectivity index (χ1v) is 9.85. The number of esters is 1. The largest absolute Gasteiger partial charge is 0.452 e. The number of hydrogen-bond acceptors (Lipinski definition) is 7. The highest BCUT2D eigenvalue weighted by Gasteiger charge is 2.23. The van der Waals surface area contributed by atoms with E-state index < -0.39 is 18.0 Å². The molecule has 0 spiro atoms. The van der Waals surface area contributed by atoms with Crippen molar-refractivity contribution in [3.05, 3.63) is 30.1 Å². The van der Waals surface area contributed by atoms with Gasteiger partial charge in [-0.15, -0.1) is 10.2 Å². The second kappa shape index (κ2) is 9.16. The lowest BCUT2D eigenvalue weighted by Gasteiger charge is -2.15. The zero-order valence-corrected chi connectivity index (χ0v) is 16.2. The number of amides is 1. The van der Waals surface area contributed by atoms with E-state index in [0.717, 1.165) is 24.6 Å². The fourth-order valence-corrected chi connectivity index (χ4v) is 3.51. The first-order valence-electron chi connectivity index (χ1n) is 8.86. The number of ether oxygens (including phenoxy) is 2. The highest BCUT2D eigenvalue weighted by atomic mass is 32.2. The molecule has 2 atom stereocenters. The summed E-state index contributed by atoms with van der Waals surface area (Å²) < 4.78 is 25.8. The molecule has 1 amide bonds. The predicted octanol–water partition coefficient (Wildman–Crippen LogP) is 1.77. The third kappa shape index (κ3) is 5.08. The monoisotopic (exact) mass is 408 g/mol. The van der Waals surface area contributed by atoms with Crippen molar-refractivity contribution in [1.29, 1.82) is 0 Å². The lowest BCUT2D eigenvalue weighted by atomic mass is 10.2. The summed E-state index contributed by atoms with van der Waals surface area (Å²) in [5.41, 5.74) is 5.81. The van der Waals surface area contributed by atoms with Crippen LogP contribution in [0.1, 0.15) is 19.8 Å². The van der Waals surface area contributed by atoms with Crippen LogP contribution in [0.15, 0.2) is 29.4 Å².